The van der Waals surface area contributed by atoms with Crippen LogP contribution in [0.2, 0.25) is 0 Å². The standard InChI is InChI=1S/C15H23NO4S/c1-11(14(17)16-9-10-18-2)21-13-7-5-12(6-8-13)15(19-3)20-4/h5-8,11,15H,9-10H2,1-4H3,(H,16,17). The average Bonchev–Trinajstić information content (AvgIpc) is 2.50. The van der Waals surface area contributed by atoms with Gasteiger partial charge in [-0.05, 0) is 19.1 Å². The number of hydrogen-bond acceptors (Lipinski definition) is 5. The third-order valence-corrected chi connectivity index (χ3v) is 3.98. The fraction of sp³-hybridized carbons (Fsp3) is 0.533. The lowest BCUT2D eigenvalue weighted by Crippen LogP contribution is -2.33. The molecule has 0 fully saturated rings. The van der Waals surface area contributed by atoms with Crippen LogP contribution >= 0.6 is 11.8 Å². The molecule has 1 N–H and O–H groups in total. The van der Waals surface area contributed by atoms with E-state index in [2.05, 4.69) is 5.32 Å². The fourth-order valence-electron chi connectivity index (χ4n) is 1.75. The van der Waals surface area contributed by atoms with Crippen molar-refractivity contribution < 1.29 is 19.0 Å². The van der Waals surface area contributed by atoms with Crippen LogP contribution in [0.4, 0.5) is 0 Å². The molecule has 1 aromatic carbocycles. The van der Waals surface area contributed by atoms with Crippen LogP contribution in [-0.4, -0.2) is 45.6 Å². The molecule has 0 aliphatic rings. The zero-order chi connectivity index (χ0) is 15.7. The van der Waals surface area contributed by atoms with Gasteiger partial charge in [0.2, 0.25) is 5.91 Å². The van der Waals surface area contributed by atoms with Gasteiger partial charge in [-0.25, -0.2) is 0 Å². The zero-order valence-corrected chi connectivity index (χ0v) is 13.7. The molecule has 118 valence electrons. The quantitative estimate of drug-likeness (QED) is 0.430. The molecule has 0 aliphatic heterocycles. The molecule has 1 rings (SSSR count). The van der Waals surface area contributed by atoms with Gasteiger partial charge in [-0.1, -0.05) is 12.1 Å². The lowest BCUT2D eigenvalue weighted by Gasteiger charge is -2.15. The molecular weight excluding hydrogens is 290 g/mol. The third-order valence-electron chi connectivity index (χ3n) is 2.87. The van der Waals surface area contributed by atoms with Crippen LogP contribution in [0, 0.1) is 0 Å². The van der Waals surface area contributed by atoms with Gasteiger partial charge in [0.25, 0.3) is 0 Å². The summed E-state index contributed by atoms with van der Waals surface area (Å²) in [5, 5.41) is 2.67. The Bertz CT molecular complexity index is 420. The van der Waals surface area contributed by atoms with Crippen LogP contribution < -0.4 is 5.32 Å². The number of carbonyl (C=O) groups is 1. The highest BCUT2D eigenvalue weighted by molar-refractivity contribution is 8.00. The van der Waals surface area contributed by atoms with Gasteiger partial charge in [0.05, 0.1) is 11.9 Å². The summed E-state index contributed by atoms with van der Waals surface area (Å²) in [6.07, 6.45) is -0.362. The Hall–Kier alpha value is -1.08. The number of nitrogens with one attached hydrogen (secondary N) is 1. The summed E-state index contributed by atoms with van der Waals surface area (Å²) in [4.78, 5) is 12.9. The molecular formula is C15H23NO4S. The van der Waals surface area contributed by atoms with Crippen molar-refractivity contribution in [3.05, 3.63) is 29.8 Å². The predicted octanol–water partition coefficient (Wildman–Crippen LogP) is 2.22. The molecule has 0 bridgehead atoms. The van der Waals surface area contributed by atoms with Gasteiger partial charge in [-0.15, -0.1) is 11.8 Å². The maximum Gasteiger partial charge on any atom is 0.233 e. The zero-order valence-electron chi connectivity index (χ0n) is 12.9. The number of thioether (sulfide) groups is 1. The van der Waals surface area contributed by atoms with E-state index in [-0.39, 0.29) is 17.4 Å². The highest BCUT2D eigenvalue weighted by Crippen LogP contribution is 2.26. The second-order valence-corrected chi connectivity index (χ2v) is 5.83. The minimum absolute atomic E-state index is 0.00721. The fourth-order valence-corrected chi connectivity index (χ4v) is 2.64. The van der Waals surface area contributed by atoms with E-state index in [4.69, 9.17) is 14.2 Å². The topological polar surface area (TPSA) is 56.8 Å². The molecule has 0 radical (unpaired) electrons. The van der Waals surface area contributed by atoms with Crippen molar-refractivity contribution in [2.45, 2.75) is 23.4 Å². The van der Waals surface area contributed by atoms with Crippen LogP contribution in [-0.2, 0) is 19.0 Å². The van der Waals surface area contributed by atoms with E-state index in [1.165, 1.54) is 11.8 Å². The first-order valence-corrected chi connectivity index (χ1v) is 7.59. The van der Waals surface area contributed by atoms with Crippen molar-refractivity contribution >= 4 is 17.7 Å². The van der Waals surface area contributed by atoms with Crippen molar-refractivity contribution in [2.24, 2.45) is 0 Å². The Morgan fingerprint density at radius 1 is 1.19 bits per heavy atom. The van der Waals surface area contributed by atoms with E-state index < -0.39 is 0 Å². The van der Waals surface area contributed by atoms with Crippen LogP contribution in [0.5, 0.6) is 0 Å². The molecule has 1 unspecified atom stereocenters. The van der Waals surface area contributed by atoms with Crippen molar-refractivity contribution in [3.63, 3.8) is 0 Å². The molecule has 0 saturated heterocycles. The first-order chi connectivity index (χ1) is 10.1. The van der Waals surface area contributed by atoms with Gasteiger partial charge >= 0.3 is 0 Å². The molecule has 0 saturated carbocycles. The molecule has 1 amide bonds. The van der Waals surface area contributed by atoms with Crippen LogP contribution in [0.25, 0.3) is 0 Å². The summed E-state index contributed by atoms with van der Waals surface area (Å²) in [7, 11) is 4.81. The minimum Gasteiger partial charge on any atom is -0.383 e. The Labute approximate surface area is 130 Å². The highest BCUT2D eigenvalue weighted by Gasteiger charge is 2.14. The second-order valence-electron chi connectivity index (χ2n) is 4.42. The van der Waals surface area contributed by atoms with Crippen LogP contribution in [0.3, 0.4) is 0 Å². The van der Waals surface area contributed by atoms with E-state index in [1.807, 2.05) is 31.2 Å². The number of methoxy groups -OCH3 is 3. The van der Waals surface area contributed by atoms with Gasteiger partial charge < -0.3 is 19.5 Å². The van der Waals surface area contributed by atoms with E-state index in [9.17, 15) is 4.79 Å². The van der Waals surface area contributed by atoms with E-state index >= 15 is 0 Å². The van der Waals surface area contributed by atoms with Crippen molar-refractivity contribution in [3.8, 4) is 0 Å². The number of carbonyl (C=O) groups excluding carboxylic acids is 1. The third kappa shape index (κ3) is 6.05. The lowest BCUT2D eigenvalue weighted by atomic mass is 10.2. The monoisotopic (exact) mass is 313 g/mol. The summed E-state index contributed by atoms with van der Waals surface area (Å²) >= 11 is 1.51. The van der Waals surface area contributed by atoms with E-state index in [0.717, 1.165) is 10.5 Å². The van der Waals surface area contributed by atoms with Crippen molar-refractivity contribution in [1.82, 2.24) is 5.32 Å². The predicted molar refractivity (Wildman–Crippen MR) is 83.4 cm³/mol. The lowest BCUT2D eigenvalue weighted by molar-refractivity contribution is -0.120. The Balaban J connectivity index is 2.52. The van der Waals surface area contributed by atoms with Gasteiger partial charge in [-0.2, -0.15) is 0 Å². The van der Waals surface area contributed by atoms with Crippen molar-refractivity contribution in [2.75, 3.05) is 34.5 Å². The molecule has 0 aromatic heterocycles. The summed E-state index contributed by atoms with van der Waals surface area (Å²) in [5.74, 6) is 0.00721. The van der Waals surface area contributed by atoms with Crippen molar-refractivity contribution in [1.29, 1.82) is 0 Å². The Morgan fingerprint density at radius 3 is 2.33 bits per heavy atom. The Kier molecular flexibility index (Phi) is 8.37. The number of rotatable bonds is 9. The van der Waals surface area contributed by atoms with Crippen LogP contribution in [0.15, 0.2) is 29.2 Å². The highest BCUT2D eigenvalue weighted by atomic mass is 32.2. The van der Waals surface area contributed by atoms with Gasteiger partial charge in [0, 0.05) is 38.3 Å². The van der Waals surface area contributed by atoms with Crippen LogP contribution in [0.1, 0.15) is 18.8 Å². The van der Waals surface area contributed by atoms with E-state index in [0.29, 0.717) is 13.2 Å². The maximum atomic E-state index is 11.9. The average molecular weight is 313 g/mol. The summed E-state index contributed by atoms with van der Waals surface area (Å²) in [5.41, 5.74) is 0.946. The molecule has 0 spiro atoms. The molecule has 0 heterocycles. The number of amides is 1. The number of ether oxygens (including phenoxy) is 3. The molecule has 0 aliphatic carbocycles. The molecule has 6 heteroatoms. The second kappa shape index (κ2) is 9.78. The largest absolute Gasteiger partial charge is 0.383 e. The summed E-state index contributed by atoms with van der Waals surface area (Å²) in [6, 6.07) is 7.80. The SMILES string of the molecule is COCCNC(=O)C(C)Sc1ccc(C(OC)OC)cc1. The van der Waals surface area contributed by atoms with Gasteiger partial charge in [0.1, 0.15) is 0 Å². The summed E-state index contributed by atoms with van der Waals surface area (Å²) in [6.45, 7) is 2.93. The molecule has 21 heavy (non-hydrogen) atoms. The smallest absolute Gasteiger partial charge is 0.233 e. The van der Waals surface area contributed by atoms with Gasteiger partial charge in [0.15, 0.2) is 6.29 Å². The molecule has 1 aromatic rings. The first kappa shape index (κ1) is 18.0. The molecule has 1 atom stereocenters. The number of hydrogen-bond donors (Lipinski definition) is 1. The first-order valence-electron chi connectivity index (χ1n) is 6.71. The van der Waals surface area contributed by atoms with E-state index in [1.54, 1.807) is 21.3 Å². The maximum absolute atomic E-state index is 11.9. The molecule has 5 nitrogen and oxygen atoms in total. The number of benzene rings is 1. The minimum atomic E-state index is -0.362. The normalized spacial score (nSPS) is 12.4. The summed E-state index contributed by atoms with van der Waals surface area (Å²) < 4.78 is 15.3. The van der Waals surface area contributed by atoms with Gasteiger partial charge in [-0.3, -0.25) is 4.79 Å². The Morgan fingerprint density at radius 2 is 1.81 bits per heavy atom.